The number of nitro groups is 1. The molecule has 1 atom stereocenters. The zero-order valence-corrected chi connectivity index (χ0v) is 6.98. The van der Waals surface area contributed by atoms with Gasteiger partial charge in [0.2, 0.25) is 0 Å². The fourth-order valence-electron chi connectivity index (χ4n) is 0.880. The van der Waals surface area contributed by atoms with E-state index in [9.17, 15) is 18.9 Å². The standard InChI is InChI=1S/C6H8F2N4O2/c7-6(8)4(9)1-3-2-5(11-10-3)12(13)14/h2,4,6H,1,9H2,(H,10,11). The topological polar surface area (TPSA) is 97.8 Å². The second-order valence-corrected chi connectivity index (χ2v) is 2.70. The molecule has 14 heavy (non-hydrogen) atoms. The molecule has 6 nitrogen and oxygen atoms in total. The van der Waals surface area contributed by atoms with E-state index in [4.69, 9.17) is 5.73 Å². The van der Waals surface area contributed by atoms with Crippen LogP contribution in [0.3, 0.4) is 0 Å². The van der Waals surface area contributed by atoms with Crippen molar-refractivity contribution >= 4 is 5.82 Å². The van der Waals surface area contributed by atoms with Crippen LogP contribution < -0.4 is 5.73 Å². The van der Waals surface area contributed by atoms with E-state index in [0.29, 0.717) is 0 Å². The maximum absolute atomic E-state index is 12.0. The normalized spacial score (nSPS) is 13.1. The molecule has 1 unspecified atom stereocenters. The number of rotatable bonds is 4. The average molecular weight is 206 g/mol. The zero-order chi connectivity index (χ0) is 10.7. The fourth-order valence-corrected chi connectivity index (χ4v) is 0.880. The third kappa shape index (κ3) is 2.46. The van der Waals surface area contributed by atoms with Gasteiger partial charge in [-0.2, -0.15) is 0 Å². The summed E-state index contributed by atoms with van der Waals surface area (Å²) in [6.45, 7) is 0. The molecule has 0 radical (unpaired) electrons. The third-order valence-corrected chi connectivity index (χ3v) is 1.58. The van der Waals surface area contributed by atoms with Crippen LogP contribution in [-0.2, 0) is 6.42 Å². The van der Waals surface area contributed by atoms with Gasteiger partial charge in [0.15, 0.2) is 0 Å². The maximum atomic E-state index is 12.0. The van der Waals surface area contributed by atoms with Crippen molar-refractivity contribution in [1.82, 2.24) is 10.2 Å². The quantitative estimate of drug-likeness (QED) is 0.552. The summed E-state index contributed by atoms with van der Waals surface area (Å²) in [6.07, 6.45) is -2.85. The Bertz CT molecular complexity index is 327. The number of aromatic nitrogens is 2. The summed E-state index contributed by atoms with van der Waals surface area (Å²) >= 11 is 0. The van der Waals surface area contributed by atoms with Crippen LogP contribution in [0, 0.1) is 10.1 Å². The van der Waals surface area contributed by atoms with Gasteiger partial charge in [-0.25, -0.2) is 8.78 Å². The Morgan fingerprint density at radius 2 is 2.36 bits per heavy atom. The molecular weight excluding hydrogens is 198 g/mol. The second-order valence-electron chi connectivity index (χ2n) is 2.70. The summed E-state index contributed by atoms with van der Waals surface area (Å²) < 4.78 is 24.0. The van der Waals surface area contributed by atoms with Crippen LogP contribution in [0.5, 0.6) is 0 Å². The lowest BCUT2D eigenvalue weighted by molar-refractivity contribution is -0.389. The Labute approximate surface area is 77.2 Å². The van der Waals surface area contributed by atoms with Gasteiger partial charge in [0.05, 0.1) is 17.8 Å². The molecule has 0 saturated heterocycles. The molecule has 0 aromatic carbocycles. The molecule has 1 aromatic heterocycles. The van der Waals surface area contributed by atoms with Crippen molar-refractivity contribution in [2.24, 2.45) is 5.73 Å². The zero-order valence-electron chi connectivity index (χ0n) is 6.98. The number of H-pyrrole nitrogens is 1. The molecule has 0 spiro atoms. The van der Waals surface area contributed by atoms with Gasteiger partial charge < -0.3 is 15.8 Å². The summed E-state index contributed by atoms with van der Waals surface area (Å²) in [5.74, 6) is -0.332. The highest BCUT2D eigenvalue weighted by molar-refractivity contribution is 5.21. The van der Waals surface area contributed by atoms with E-state index >= 15 is 0 Å². The molecule has 1 rings (SSSR count). The van der Waals surface area contributed by atoms with E-state index in [2.05, 4.69) is 10.2 Å². The highest BCUT2D eigenvalue weighted by atomic mass is 19.3. The first kappa shape index (κ1) is 10.5. The molecule has 78 valence electrons. The van der Waals surface area contributed by atoms with Crippen molar-refractivity contribution in [3.8, 4) is 0 Å². The maximum Gasteiger partial charge on any atom is 0.342 e. The fraction of sp³-hybridized carbons (Fsp3) is 0.500. The number of nitrogens with zero attached hydrogens (tertiary/aromatic N) is 2. The second kappa shape index (κ2) is 4.09. The lowest BCUT2D eigenvalue weighted by Gasteiger charge is -2.06. The number of hydrogen-bond acceptors (Lipinski definition) is 4. The molecule has 0 aliphatic carbocycles. The number of hydrogen-bond donors (Lipinski definition) is 2. The summed E-state index contributed by atoms with van der Waals surface area (Å²) in [4.78, 5) is 9.50. The van der Waals surface area contributed by atoms with E-state index < -0.39 is 17.4 Å². The van der Waals surface area contributed by atoms with Crippen LogP contribution in [0.15, 0.2) is 6.07 Å². The summed E-state index contributed by atoms with van der Waals surface area (Å²) in [5.41, 5.74) is 5.22. The van der Waals surface area contributed by atoms with Crippen LogP contribution >= 0.6 is 0 Å². The summed E-state index contributed by atoms with van der Waals surface area (Å²) in [6, 6.07) is -0.264. The monoisotopic (exact) mass is 206 g/mol. The molecule has 0 aliphatic rings. The van der Waals surface area contributed by atoms with E-state index in [-0.39, 0.29) is 17.9 Å². The first-order valence-corrected chi connectivity index (χ1v) is 3.73. The molecule has 8 heteroatoms. The Kier molecular flexibility index (Phi) is 3.07. The van der Waals surface area contributed by atoms with E-state index in [1.807, 2.05) is 0 Å². The van der Waals surface area contributed by atoms with Gasteiger partial charge in [-0.1, -0.05) is 5.10 Å². The highest BCUT2D eigenvalue weighted by Gasteiger charge is 2.19. The average Bonchev–Trinajstić information content (AvgIpc) is 2.52. The third-order valence-electron chi connectivity index (χ3n) is 1.58. The Morgan fingerprint density at radius 3 is 2.79 bits per heavy atom. The van der Waals surface area contributed by atoms with Crippen molar-refractivity contribution < 1.29 is 13.7 Å². The Balaban J connectivity index is 2.64. The van der Waals surface area contributed by atoms with E-state index in [0.717, 1.165) is 6.07 Å². The van der Waals surface area contributed by atoms with Gasteiger partial charge in [0.1, 0.15) is 0 Å². The van der Waals surface area contributed by atoms with Crippen LogP contribution in [0.2, 0.25) is 0 Å². The molecule has 0 saturated carbocycles. The predicted molar refractivity (Wildman–Crippen MR) is 42.9 cm³/mol. The van der Waals surface area contributed by atoms with Crippen molar-refractivity contribution in [2.45, 2.75) is 18.9 Å². The van der Waals surface area contributed by atoms with Crippen molar-refractivity contribution in [3.63, 3.8) is 0 Å². The summed E-state index contributed by atoms with van der Waals surface area (Å²) in [7, 11) is 0. The van der Waals surface area contributed by atoms with Crippen molar-refractivity contribution in [1.29, 1.82) is 0 Å². The largest absolute Gasteiger partial charge is 0.358 e. The number of alkyl halides is 2. The van der Waals surface area contributed by atoms with Gasteiger partial charge in [0, 0.05) is 6.42 Å². The van der Waals surface area contributed by atoms with Crippen LogP contribution in [0.1, 0.15) is 5.69 Å². The first-order valence-electron chi connectivity index (χ1n) is 3.73. The molecule has 0 aliphatic heterocycles. The number of nitrogens with two attached hydrogens (primary N) is 1. The smallest absolute Gasteiger partial charge is 0.342 e. The SMILES string of the molecule is NC(Cc1cc([N+](=O)[O-])[nH]n1)C(F)F. The van der Waals surface area contributed by atoms with Crippen molar-refractivity contribution in [3.05, 3.63) is 21.9 Å². The highest BCUT2D eigenvalue weighted by Crippen LogP contribution is 2.11. The Morgan fingerprint density at radius 1 is 1.71 bits per heavy atom. The molecular formula is C6H8F2N4O2. The molecule has 3 N–H and O–H groups in total. The van der Waals surface area contributed by atoms with E-state index in [1.165, 1.54) is 0 Å². The van der Waals surface area contributed by atoms with Crippen LogP contribution in [0.4, 0.5) is 14.6 Å². The summed E-state index contributed by atoms with van der Waals surface area (Å²) in [5, 5.41) is 15.8. The minimum Gasteiger partial charge on any atom is -0.358 e. The van der Waals surface area contributed by atoms with Gasteiger partial charge in [-0.15, -0.1) is 5.10 Å². The molecule has 1 aromatic rings. The lowest BCUT2D eigenvalue weighted by atomic mass is 10.2. The molecule has 1 heterocycles. The van der Waals surface area contributed by atoms with E-state index in [1.54, 1.807) is 0 Å². The lowest BCUT2D eigenvalue weighted by Crippen LogP contribution is -2.31. The Hall–Kier alpha value is -1.57. The molecule has 0 amide bonds. The van der Waals surface area contributed by atoms with Crippen molar-refractivity contribution in [2.75, 3.05) is 0 Å². The minimum atomic E-state index is -2.66. The number of aromatic amines is 1. The molecule has 0 fully saturated rings. The van der Waals surface area contributed by atoms with Crippen LogP contribution in [-0.4, -0.2) is 27.6 Å². The predicted octanol–water partition coefficient (Wildman–Crippen LogP) is 0.453. The number of nitrogens with one attached hydrogen (secondary N) is 1. The molecule has 0 bridgehead atoms. The van der Waals surface area contributed by atoms with Gasteiger partial charge in [-0.05, 0) is 4.92 Å². The van der Waals surface area contributed by atoms with Crippen LogP contribution in [0.25, 0.3) is 0 Å². The minimum absolute atomic E-state index is 0.157. The van der Waals surface area contributed by atoms with Gasteiger partial charge >= 0.3 is 5.82 Å². The number of halogens is 2. The van der Waals surface area contributed by atoms with Gasteiger partial charge in [-0.3, -0.25) is 0 Å². The first-order chi connectivity index (χ1) is 6.50. The van der Waals surface area contributed by atoms with Gasteiger partial charge in [0.25, 0.3) is 6.43 Å².